The minimum absolute atomic E-state index is 0.0293. The quantitative estimate of drug-likeness (QED) is 0.318. The second-order valence-electron chi connectivity index (χ2n) is 13.6. The first-order valence-corrected chi connectivity index (χ1v) is 15.9. The molecule has 2 heterocycles. The Balaban J connectivity index is 0.947. The monoisotopic (exact) mass is 621 g/mol. The first-order valence-electron chi connectivity index (χ1n) is 15.9. The van der Waals surface area contributed by atoms with Gasteiger partial charge in [0.15, 0.2) is 11.5 Å². The number of alkyl halides is 3. The summed E-state index contributed by atoms with van der Waals surface area (Å²) in [6.45, 7) is 3.81. The van der Waals surface area contributed by atoms with Gasteiger partial charge in [-0.25, -0.2) is 0 Å². The summed E-state index contributed by atoms with van der Waals surface area (Å²) in [5, 5.41) is 21.7. The Labute approximate surface area is 260 Å². The van der Waals surface area contributed by atoms with E-state index >= 15 is 0 Å². The number of benzene rings is 2. The molecule has 8 nitrogen and oxygen atoms in total. The van der Waals surface area contributed by atoms with E-state index in [0.29, 0.717) is 60.9 Å². The smallest absolute Gasteiger partial charge is 0.508 e. The van der Waals surface area contributed by atoms with Gasteiger partial charge >= 0.3 is 6.36 Å². The highest BCUT2D eigenvalue weighted by atomic mass is 19.4. The molecule has 2 N–H and O–H groups in total. The van der Waals surface area contributed by atoms with Gasteiger partial charge in [-0.3, -0.25) is 9.69 Å². The molecule has 1 amide bonds. The average Bonchev–Trinajstić information content (AvgIpc) is 2.99. The van der Waals surface area contributed by atoms with Gasteiger partial charge < -0.3 is 20.1 Å². The van der Waals surface area contributed by atoms with Crippen molar-refractivity contribution in [1.29, 1.82) is 0 Å². The Kier molecular flexibility index (Phi) is 7.83. The van der Waals surface area contributed by atoms with Crippen LogP contribution in [-0.2, 0) is 6.54 Å². The number of nitrogens with one attached hydrogen (secondary N) is 1. The predicted molar refractivity (Wildman–Crippen MR) is 163 cm³/mol. The third-order valence-corrected chi connectivity index (χ3v) is 10.2. The van der Waals surface area contributed by atoms with Crippen molar-refractivity contribution in [2.24, 2.45) is 23.2 Å². The van der Waals surface area contributed by atoms with E-state index in [1.807, 2.05) is 12.1 Å². The molecule has 238 valence electrons. The number of phenols is 1. The molecule has 11 heteroatoms. The van der Waals surface area contributed by atoms with Crippen molar-refractivity contribution < 1.29 is 27.8 Å². The second-order valence-corrected chi connectivity index (χ2v) is 13.6. The van der Waals surface area contributed by atoms with Gasteiger partial charge in [0.05, 0.1) is 0 Å². The van der Waals surface area contributed by atoms with E-state index in [-0.39, 0.29) is 22.8 Å². The molecule has 4 bridgehead atoms. The van der Waals surface area contributed by atoms with Crippen LogP contribution in [0.2, 0.25) is 0 Å². The number of halogens is 3. The Morgan fingerprint density at radius 1 is 0.911 bits per heavy atom. The molecule has 0 unspecified atom stereocenters. The third-order valence-electron chi connectivity index (χ3n) is 10.2. The van der Waals surface area contributed by atoms with E-state index in [1.54, 1.807) is 18.2 Å². The van der Waals surface area contributed by atoms with Crippen molar-refractivity contribution >= 4 is 11.7 Å². The molecule has 1 aliphatic heterocycles. The number of hydrogen-bond acceptors (Lipinski definition) is 7. The van der Waals surface area contributed by atoms with E-state index in [1.165, 1.54) is 62.8 Å². The maximum atomic E-state index is 13.1. The average molecular weight is 622 g/mol. The highest BCUT2D eigenvalue weighted by Gasteiger charge is 2.50. The third kappa shape index (κ3) is 6.88. The van der Waals surface area contributed by atoms with Gasteiger partial charge in [-0.15, -0.1) is 23.4 Å². The number of rotatable bonds is 8. The van der Waals surface area contributed by atoms with Crippen LogP contribution in [0.15, 0.2) is 54.6 Å². The molecular formula is C34H38F3N5O3. The highest BCUT2D eigenvalue weighted by molar-refractivity contribution is 5.92. The predicted octanol–water partition coefficient (Wildman–Crippen LogP) is 6.02. The van der Waals surface area contributed by atoms with Crippen molar-refractivity contribution in [1.82, 2.24) is 20.4 Å². The van der Waals surface area contributed by atoms with Crippen LogP contribution in [0.25, 0.3) is 11.1 Å². The fourth-order valence-electron chi connectivity index (χ4n) is 8.67. The molecule has 0 spiro atoms. The Morgan fingerprint density at radius 3 is 2.24 bits per heavy atom. The maximum Gasteiger partial charge on any atom is 0.573 e. The Morgan fingerprint density at radius 2 is 1.62 bits per heavy atom. The molecule has 3 aromatic rings. The standard InChI is InChI=1S/C34H38F3N5O3/c35-34(36,37)45-29-14-25(13-27(16-29)26-2-1-3-28(43)15-26)20-41-6-8-42(9-7-41)31-5-4-30(39-40-31)32(44)38-21-33-17-22-10-23(18-33)12-24(11-22)19-33/h1-5,13-16,22-24,43H,6-12,17-21H2,(H,38,44). The Bertz CT molecular complexity index is 1500. The molecule has 2 aromatic carbocycles. The zero-order chi connectivity index (χ0) is 31.2. The molecule has 8 rings (SSSR count). The van der Waals surface area contributed by atoms with Gasteiger partial charge in [0.25, 0.3) is 5.91 Å². The van der Waals surface area contributed by atoms with Gasteiger partial charge in [-0.05, 0) is 121 Å². The van der Waals surface area contributed by atoms with Crippen LogP contribution < -0.4 is 15.0 Å². The molecule has 5 fully saturated rings. The Hall–Kier alpha value is -3.86. The number of aromatic nitrogens is 2. The molecule has 45 heavy (non-hydrogen) atoms. The molecule has 4 aliphatic carbocycles. The van der Waals surface area contributed by atoms with Crippen LogP contribution in [0.3, 0.4) is 0 Å². The zero-order valence-electron chi connectivity index (χ0n) is 25.1. The van der Waals surface area contributed by atoms with Crippen molar-refractivity contribution in [3.05, 3.63) is 65.9 Å². The summed E-state index contributed by atoms with van der Waals surface area (Å²) in [5.41, 5.74) is 2.38. The van der Waals surface area contributed by atoms with Crippen LogP contribution in [0.5, 0.6) is 11.5 Å². The van der Waals surface area contributed by atoms with Gasteiger partial charge in [0.2, 0.25) is 0 Å². The van der Waals surface area contributed by atoms with Crippen LogP contribution >= 0.6 is 0 Å². The van der Waals surface area contributed by atoms with Crippen LogP contribution in [0.4, 0.5) is 19.0 Å². The summed E-state index contributed by atoms with van der Waals surface area (Å²) in [4.78, 5) is 17.2. The fraction of sp³-hybridized carbons (Fsp3) is 0.500. The van der Waals surface area contributed by atoms with E-state index < -0.39 is 6.36 Å². The zero-order valence-corrected chi connectivity index (χ0v) is 25.1. The number of piperazine rings is 1. The molecule has 4 saturated carbocycles. The number of carbonyl (C=O) groups is 1. The largest absolute Gasteiger partial charge is 0.573 e. The number of anilines is 1. The SMILES string of the molecule is O=C(NCC12CC3CC(CC(C3)C1)C2)c1ccc(N2CCN(Cc3cc(OC(F)(F)F)cc(-c4cccc(O)c4)c3)CC2)nn1. The van der Waals surface area contributed by atoms with Crippen molar-refractivity contribution in [3.63, 3.8) is 0 Å². The number of aromatic hydroxyl groups is 1. The van der Waals surface area contributed by atoms with Gasteiger partial charge in [0.1, 0.15) is 11.5 Å². The summed E-state index contributed by atoms with van der Waals surface area (Å²) in [6, 6.07) is 14.5. The van der Waals surface area contributed by atoms with Crippen LogP contribution in [0.1, 0.15) is 54.6 Å². The summed E-state index contributed by atoms with van der Waals surface area (Å²) >= 11 is 0. The van der Waals surface area contributed by atoms with Crippen LogP contribution in [0, 0.1) is 23.2 Å². The highest BCUT2D eigenvalue weighted by Crippen LogP contribution is 2.59. The number of carbonyl (C=O) groups excluding carboxylic acids is 1. The minimum Gasteiger partial charge on any atom is -0.508 e. The first-order chi connectivity index (χ1) is 21.6. The van der Waals surface area contributed by atoms with E-state index in [2.05, 4.69) is 30.1 Å². The molecule has 1 aromatic heterocycles. The lowest BCUT2D eigenvalue weighted by atomic mass is 9.49. The van der Waals surface area contributed by atoms with E-state index in [4.69, 9.17) is 0 Å². The lowest BCUT2D eigenvalue weighted by Gasteiger charge is -2.56. The fourth-order valence-corrected chi connectivity index (χ4v) is 8.67. The maximum absolute atomic E-state index is 13.1. The minimum atomic E-state index is -4.81. The molecule has 0 radical (unpaired) electrons. The number of ether oxygens (including phenoxy) is 1. The molecule has 5 aliphatic rings. The molecule has 1 saturated heterocycles. The number of hydrogen-bond donors (Lipinski definition) is 2. The summed E-state index contributed by atoms with van der Waals surface area (Å²) in [7, 11) is 0. The summed E-state index contributed by atoms with van der Waals surface area (Å²) in [5.74, 6) is 2.77. The van der Waals surface area contributed by atoms with Crippen molar-refractivity contribution in [3.8, 4) is 22.6 Å². The number of amides is 1. The molecule has 0 atom stereocenters. The van der Waals surface area contributed by atoms with E-state index in [9.17, 15) is 23.1 Å². The van der Waals surface area contributed by atoms with E-state index in [0.717, 1.165) is 24.3 Å². The number of nitrogens with zero attached hydrogens (tertiary/aromatic N) is 4. The topological polar surface area (TPSA) is 90.8 Å². The van der Waals surface area contributed by atoms with Crippen molar-refractivity contribution in [2.75, 3.05) is 37.6 Å². The van der Waals surface area contributed by atoms with Crippen molar-refractivity contribution in [2.45, 2.75) is 51.4 Å². The van der Waals surface area contributed by atoms with Crippen LogP contribution in [-0.4, -0.2) is 65.2 Å². The molecular weight excluding hydrogens is 583 g/mol. The lowest BCUT2D eigenvalue weighted by Crippen LogP contribution is -2.51. The van der Waals surface area contributed by atoms with Gasteiger partial charge in [0, 0.05) is 39.3 Å². The normalized spacial score (nSPS) is 26.2. The second kappa shape index (κ2) is 11.8. The lowest BCUT2D eigenvalue weighted by molar-refractivity contribution is -0.274. The summed E-state index contributed by atoms with van der Waals surface area (Å²) < 4.78 is 43.5. The summed E-state index contributed by atoms with van der Waals surface area (Å²) in [6.07, 6.45) is 3.02. The van der Waals surface area contributed by atoms with Gasteiger partial charge in [-0.1, -0.05) is 12.1 Å². The first kappa shape index (κ1) is 29.8. The number of phenolic OH excluding ortho intramolecular Hbond substituents is 1. The van der Waals surface area contributed by atoms with Gasteiger partial charge in [-0.2, -0.15) is 0 Å².